The number of halogens is 1. The minimum Gasteiger partial charge on any atom is -0.469 e. The van der Waals surface area contributed by atoms with E-state index in [2.05, 4.69) is 25.4 Å². The Morgan fingerprint density at radius 1 is 1.44 bits per heavy atom. The number of unbranched alkanes of at least 4 members (excludes halogenated alkanes) is 1. The summed E-state index contributed by atoms with van der Waals surface area (Å²) in [6.45, 7) is 0.314. The Morgan fingerprint density at radius 3 is 2.72 bits per heavy atom. The molecule has 102 valence electrons. The Balaban J connectivity index is 2.33. The van der Waals surface area contributed by atoms with Gasteiger partial charge < -0.3 is 4.74 Å². The minimum atomic E-state index is -3.42. The maximum Gasteiger partial charge on any atom is 0.305 e. The van der Waals surface area contributed by atoms with Crippen molar-refractivity contribution in [1.29, 1.82) is 0 Å². The molecule has 0 radical (unpaired) electrons. The zero-order valence-corrected chi connectivity index (χ0v) is 13.0. The van der Waals surface area contributed by atoms with Gasteiger partial charge in [-0.3, -0.25) is 4.79 Å². The molecule has 1 aromatic heterocycles. The summed E-state index contributed by atoms with van der Waals surface area (Å²) >= 11 is 4.38. The predicted molar refractivity (Wildman–Crippen MR) is 73.1 cm³/mol. The number of thiophene rings is 1. The van der Waals surface area contributed by atoms with Crippen LogP contribution < -0.4 is 4.72 Å². The molecule has 1 rings (SSSR count). The molecule has 0 aliphatic carbocycles. The lowest BCUT2D eigenvalue weighted by molar-refractivity contribution is -0.140. The number of methoxy groups -OCH3 is 1. The number of carbonyl (C=O) groups excluding carboxylic acids is 1. The lowest BCUT2D eigenvalue weighted by Gasteiger charge is -2.04. The van der Waals surface area contributed by atoms with Gasteiger partial charge in [0.05, 0.1) is 10.9 Å². The fourth-order valence-electron chi connectivity index (χ4n) is 1.22. The van der Waals surface area contributed by atoms with E-state index < -0.39 is 10.0 Å². The summed E-state index contributed by atoms with van der Waals surface area (Å²) in [6.07, 6.45) is 1.51. The van der Waals surface area contributed by atoms with Crippen molar-refractivity contribution in [3.8, 4) is 0 Å². The number of nitrogens with one attached hydrogen (secondary N) is 1. The van der Waals surface area contributed by atoms with E-state index in [1.54, 1.807) is 12.1 Å². The molecule has 0 aliphatic heterocycles. The third-order valence-corrected chi connectivity index (χ3v) is 5.72. The van der Waals surface area contributed by atoms with Crippen molar-refractivity contribution >= 4 is 43.3 Å². The van der Waals surface area contributed by atoms with E-state index in [1.807, 2.05) is 0 Å². The van der Waals surface area contributed by atoms with Crippen LogP contribution in [-0.2, 0) is 19.6 Å². The molecular weight excluding hydrogens is 342 g/mol. The molecule has 1 aromatic rings. The van der Waals surface area contributed by atoms with Crippen LogP contribution in [0.25, 0.3) is 0 Å². The smallest absolute Gasteiger partial charge is 0.305 e. The largest absolute Gasteiger partial charge is 0.469 e. The molecule has 0 amide bonds. The first-order valence-corrected chi connectivity index (χ1v) is 8.37. The highest BCUT2D eigenvalue weighted by Crippen LogP contribution is 2.25. The van der Waals surface area contributed by atoms with Crippen LogP contribution in [0.2, 0.25) is 0 Å². The first kappa shape index (κ1) is 15.6. The number of rotatable bonds is 7. The monoisotopic (exact) mass is 355 g/mol. The number of esters is 1. The van der Waals surface area contributed by atoms with Gasteiger partial charge in [-0.25, -0.2) is 13.1 Å². The first-order chi connectivity index (χ1) is 8.45. The van der Waals surface area contributed by atoms with E-state index in [1.165, 1.54) is 7.11 Å². The quantitative estimate of drug-likeness (QED) is 0.600. The molecule has 0 atom stereocenters. The Bertz CT molecular complexity index is 498. The van der Waals surface area contributed by atoms with Crippen molar-refractivity contribution in [2.45, 2.75) is 23.5 Å². The predicted octanol–water partition coefficient (Wildman–Crippen LogP) is 2.13. The maximum absolute atomic E-state index is 11.8. The van der Waals surface area contributed by atoms with Crippen LogP contribution in [0.4, 0.5) is 0 Å². The topological polar surface area (TPSA) is 72.5 Å². The van der Waals surface area contributed by atoms with Crippen molar-refractivity contribution in [2.24, 2.45) is 0 Å². The number of sulfonamides is 1. The van der Waals surface area contributed by atoms with Crippen molar-refractivity contribution < 1.29 is 17.9 Å². The summed E-state index contributed by atoms with van der Waals surface area (Å²) in [4.78, 5) is 10.8. The molecule has 0 aromatic carbocycles. The summed E-state index contributed by atoms with van der Waals surface area (Å²) in [7, 11) is -2.09. The van der Waals surface area contributed by atoms with Gasteiger partial charge in [-0.2, -0.15) is 0 Å². The van der Waals surface area contributed by atoms with Crippen LogP contribution in [0.15, 0.2) is 20.1 Å². The summed E-state index contributed by atoms with van der Waals surface area (Å²) in [5, 5.41) is 0. The molecule has 18 heavy (non-hydrogen) atoms. The summed E-state index contributed by atoms with van der Waals surface area (Å²) < 4.78 is 31.6. The van der Waals surface area contributed by atoms with Gasteiger partial charge >= 0.3 is 5.97 Å². The van der Waals surface area contributed by atoms with Crippen LogP contribution in [0, 0.1) is 0 Å². The van der Waals surface area contributed by atoms with Gasteiger partial charge in [0, 0.05) is 13.0 Å². The lowest BCUT2D eigenvalue weighted by atomic mass is 10.2. The van der Waals surface area contributed by atoms with Crippen LogP contribution in [-0.4, -0.2) is 28.0 Å². The molecule has 5 nitrogen and oxygen atoms in total. The molecule has 0 fully saturated rings. The molecule has 0 unspecified atom stereocenters. The molecule has 8 heteroatoms. The number of ether oxygens (including phenoxy) is 1. The fraction of sp³-hybridized carbons (Fsp3) is 0.500. The Hall–Kier alpha value is -0.440. The van der Waals surface area contributed by atoms with Crippen LogP contribution in [0.3, 0.4) is 0 Å². The van der Waals surface area contributed by atoms with Crippen LogP contribution >= 0.6 is 27.3 Å². The van der Waals surface area contributed by atoms with E-state index >= 15 is 0 Å². The van der Waals surface area contributed by atoms with Crippen molar-refractivity contribution in [3.63, 3.8) is 0 Å². The minimum absolute atomic E-state index is 0.278. The summed E-state index contributed by atoms with van der Waals surface area (Å²) in [5.41, 5.74) is 0. The third kappa shape index (κ3) is 5.05. The van der Waals surface area contributed by atoms with E-state index in [9.17, 15) is 13.2 Å². The first-order valence-electron chi connectivity index (χ1n) is 5.27. The van der Waals surface area contributed by atoms with E-state index in [0.717, 1.165) is 15.1 Å². The number of hydrogen-bond donors (Lipinski definition) is 1. The lowest BCUT2D eigenvalue weighted by Crippen LogP contribution is -2.24. The van der Waals surface area contributed by atoms with Gasteiger partial charge in [0.1, 0.15) is 4.21 Å². The third-order valence-electron chi connectivity index (χ3n) is 2.14. The van der Waals surface area contributed by atoms with Gasteiger partial charge in [-0.1, -0.05) is 0 Å². The SMILES string of the molecule is COC(=O)CCCCNS(=O)(=O)c1ccc(Br)s1. The fourth-order valence-corrected chi connectivity index (χ4v) is 4.34. The normalized spacial score (nSPS) is 11.4. The highest BCUT2D eigenvalue weighted by molar-refractivity contribution is 9.11. The van der Waals surface area contributed by atoms with Gasteiger partial charge in [-0.05, 0) is 40.9 Å². The average molecular weight is 356 g/mol. The van der Waals surface area contributed by atoms with Gasteiger partial charge in [0.2, 0.25) is 10.0 Å². The number of hydrogen-bond acceptors (Lipinski definition) is 5. The van der Waals surface area contributed by atoms with E-state index in [4.69, 9.17) is 0 Å². The molecule has 0 spiro atoms. The molecule has 0 saturated carbocycles. The molecule has 0 saturated heterocycles. The van der Waals surface area contributed by atoms with Crippen LogP contribution in [0.1, 0.15) is 19.3 Å². The van der Waals surface area contributed by atoms with Gasteiger partial charge in [0.25, 0.3) is 0 Å². The van der Waals surface area contributed by atoms with E-state index in [0.29, 0.717) is 25.8 Å². The highest BCUT2D eigenvalue weighted by Gasteiger charge is 2.15. The Kier molecular flexibility index (Phi) is 6.27. The van der Waals surface area contributed by atoms with Gasteiger partial charge in [0.15, 0.2) is 0 Å². The van der Waals surface area contributed by atoms with Crippen molar-refractivity contribution in [2.75, 3.05) is 13.7 Å². The Labute approximate surface area is 119 Å². The summed E-state index contributed by atoms with van der Waals surface area (Å²) in [5.74, 6) is -0.278. The second-order valence-electron chi connectivity index (χ2n) is 3.49. The zero-order valence-electron chi connectivity index (χ0n) is 9.81. The van der Waals surface area contributed by atoms with Crippen LogP contribution in [0.5, 0.6) is 0 Å². The molecule has 0 bridgehead atoms. The zero-order chi connectivity index (χ0) is 13.6. The molecule has 0 aliphatic rings. The second kappa shape index (κ2) is 7.22. The Morgan fingerprint density at radius 2 is 2.17 bits per heavy atom. The van der Waals surface area contributed by atoms with E-state index in [-0.39, 0.29) is 10.2 Å². The summed E-state index contributed by atoms with van der Waals surface area (Å²) in [6, 6.07) is 3.24. The average Bonchev–Trinajstić information content (AvgIpc) is 2.75. The molecule has 1 N–H and O–H groups in total. The number of carbonyl (C=O) groups is 1. The van der Waals surface area contributed by atoms with Crippen molar-refractivity contribution in [1.82, 2.24) is 4.72 Å². The standard InChI is InChI=1S/C10H14BrNO4S2/c1-16-9(13)4-2-3-7-12-18(14,15)10-6-5-8(11)17-10/h5-6,12H,2-4,7H2,1H3. The van der Waals surface area contributed by atoms with Gasteiger partial charge in [-0.15, -0.1) is 11.3 Å². The van der Waals surface area contributed by atoms with Crippen molar-refractivity contribution in [3.05, 3.63) is 15.9 Å². The molecule has 1 heterocycles. The maximum atomic E-state index is 11.8. The second-order valence-corrected chi connectivity index (χ2v) is 7.95. The highest BCUT2D eigenvalue weighted by atomic mass is 79.9. The molecular formula is C10H14BrNO4S2.